The van der Waals surface area contributed by atoms with E-state index in [1.807, 2.05) is 19.2 Å². The molecular weight excluding hydrogens is 528 g/mol. The molecule has 3 aromatic carbocycles. The minimum atomic E-state index is -0.452. The summed E-state index contributed by atoms with van der Waals surface area (Å²) in [5, 5.41) is 15.5. The monoisotopic (exact) mass is 556 g/mol. The maximum Gasteiger partial charge on any atom is 0.338 e. The van der Waals surface area contributed by atoms with Crippen molar-refractivity contribution in [1.29, 1.82) is 0 Å². The molecule has 1 aromatic heterocycles. The number of aromatic nitrogens is 4. The molecule has 4 aromatic rings. The van der Waals surface area contributed by atoms with Crippen molar-refractivity contribution in [1.82, 2.24) is 25.1 Å². The maximum absolute atomic E-state index is 13.2. The van der Waals surface area contributed by atoms with E-state index in [4.69, 9.17) is 18.9 Å². The van der Waals surface area contributed by atoms with Crippen molar-refractivity contribution in [2.75, 3.05) is 39.4 Å². The topological polar surface area (TPSA) is 130 Å². The average Bonchev–Trinajstić information content (AvgIpc) is 3.66. The summed E-state index contributed by atoms with van der Waals surface area (Å²) in [5.74, 6) is 1.58. The molecule has 1 amide bonds. The molecule has 3 heterocycles. The molecule has 0 aliphatic carbocycles. The first-order valence-corrected chi connectivity index (χ1v) is 13.1. The molecule has 12 nitrogen and oxygen atoms in total. The Balaban J connectivity index is 1.32. The Morgan fingerprint density at radius 2 is 1.93 bits per heavy atom. The molecule has 0 unspecified atom stereocenters. The van der Waals surface area contributed by atoms with Gasteiger partial charge in [-0.2, -0.15) is 4.68 Å². The Hall–Kier alpha value is -4.97. The van der Waals surface area contributed by atoms with Crippen LogP contribution in [0.5, 0.6) is 17.2 Å². The average molecular weight is 557 g/mol. The van der Waals surface area contributed by atoms with Crippen LogP contribution in [0, 0.1) is 0 Å². The lowest BCUT2D eigenvalue weighted by Crippen LogP contribution is -2.35. The lowest BCUT2D eigenvalue weighted by Gasteiger charge is -2.34. The zero-order chi connectivity index (χ0) is 28.5. The van der Waals surface area contributed by atoms with Crippen molar-refractivity contribution >= 4 is 17.6 Å². The highest BCUT2D eigenvalue weighted by Crippen LogP contribution is 2.50. The predicted molar refractivity (Wildman–Crippen MR) is 147 cm³/mol. The molecule has 0 radical (unpaired) electrons. The second kappa shape index (κ2) is 10.9. The van der Waals surface area contributed by atoms with Crippen LogP contribution in [0.1, 0.15) is 50.6 Å². The van der Waals surface area contributed by atoms with Crippen LogP contribution in [0.3, 0.4) is 0 Å². The van der Waals surface area contributed by atoms with Crippen LogP contribution in [0.4, 0.5) is 5.69 Å². The zero-order valence-electron chi connectivity index (χ0n) is 22.8. The van der Waals surface area contributed by atoms with Gasteiger partial charge in [-0.3, -0.25) is 9.69 Å². The number of carbonyl (C=O) groups is 2. The van der Waals surface area contributed by atoms with Gasteiger partial charge in [0.15, 0.2) is 17.3 Å². The minimum Gasteiger partial charge on any atom is -0.492 e. The SMILES string of the molecule is CCOC(=O)c1cccc(NC(=O)c2cccc(-n3nnnc3[C@H]3c4c(cc5c(c4OC)OCO5)CCN3C)c2)c1. The number of methoxy groups -OCH3 is 1. The molecule has 0 spiro atoms. The molecule has 0 saturated carbocycles. The number of ether oxygens (including phenoxy) is 4. The second-order valence-corrected chi connectivity index (χ2v) is 9.60. The summed E-state index contributed by atoms with van der Waals surface area (Å²) in [6.07, 6.45) is 0.796. The predicted octanol–water partition coefficient (Wildman–Crippen LogP) is 3.41. The third-order valence-corrected chi connectivity index (χ3v) is 7.12. The number of rotatable bonds is 7. The standard InChI is InChI=1S/C29H28N6O6/c1-4-39-29(37)19-8-5-9-20(13-19)30-28(36)18-7-6-10-21(14-18)35-27(31-32-33-35)24-23-17(11-12-34(24)2)15-22-25(26(23)38-3)41-16-40-22/h5-10,13-15,24H,4,11-12,16H2,1-3H3,(H,30,36)/t24-/m1/s1. The van der Waals surface area contributed by atoms with Gasteiger partial charge in [-0.05, 0) is 78.8 Å². The number of likely N-dealkylation sites (N-methyl/N-ethyl adjacent to an activating group) is 1. The Morgan fingerprint density at radius 1 is 1.10 bits per heavy atom. The van der Waals surface area contributed by atoms with E-state index < -0.39 is 5.97 Å². The second-order valence-electron chi connectivity index (χ2n) is 9.60. The molecule has 210 valence electrons. The van der Waals surface area contributed by atoms with Gasteiger partial charge >= 0.3 is 5.97 Å². The van der Waals surface area contributed by atoms with E-state index in [1.54, 1.807) is 61.2 Å². The van der Waals surface area contributed by atoms with Crippen molar-refractivity contribution in [3.8, 4) is 22.9 Å². The first-order chi connectivity index (χ1) is 20.0. The number of fused-ring (bicyclic) bond motifs is 2. The highest BCUT2D eigenvalue weighted by atomic mass is 16.7. The molecule has 0 fully saturated rings. The highest BCUT2D eigenvalue weighted by Gasteiger charge is 2.37. The molecule has 0 bridgehead atoms. The smallest absolute Gasteiger partial charge is 0.338 e. The fraction of sp³-hybridized carbons (Fsp3) is 0.276. The van der Waals surface area contributed by atoms with Crippen LogP contribution in [0.25, 0.3) is 5.69 Å². The summed E-state index contributed by atoms with van der Waals surface area (Å²) in [4.78, 5) is 27.5. The Bertz CT molecular complexity index is 1640. The summed E-state index contributed by atoms with van der Waals surface area (Å²) in [5.41, 5.74) is 3.81. The largest absolute Gasteiger partial charge is 0.492 e. The van der Waals surface area contributed by atoms with E-state index in [9.17, 15) is 9.59 Å². The number of nitrogens with zero attached hydrogens (tertiary/aromatic N) is 5. The third-order valence-electron chi connectivity index (χ3n) is 7.12. The first kappa shape index (κ1) is 26.3. The van der Waals surface area contributed by atoms with Crippen LogP contribution in [0.2, 0.25) is 0 Å². The van der Waals surface area contributed by atoms with Crippen LogP contribution in [-0.4, -0.2) is 71.1 Å². The van der Waals surface area contributed by atoms with Crippen molar-refractivity contribution in [3.63, 3.8) is 0 Å². The Kier molecular flexibility index (Phi) is 6.98. The summed E-state index contributed by atoms with van der Waals surface area (Å²) in [6, 6.07) is 15.3. The summed E-state index contributed by atoms with van der Waals surface area (Å²) < 4.78 is 23.9. The molecule has 41 heavy (non-hydrogen) atoms. The van der Waals surface area contributed by atoms with E-state index in [0.29, 0.717) is 45.6 Å². The van der Waals surface area contributed by atoms with Crippen LogP contribution >= 0.6 is 0 Å². The number of benzene rings is 3. The van der Waals surface area contributed by atoms with E-state index in [2.05, 4.69) is 25.7 Å². The summed E-state index contributed by atoms with van der Waals surface area (Å²) in [7, 11) is 3.61. The summed E-state index contributed by atoms with van der Waals surface area (Å²) in [6.45, 7) is 2.90. The van der Waals surface area contributed by atoms with Gasteiger partial charge in [-0.1, -0.05) is 12.1 Å². The van der Waals surface area contributed by atoms with Crippen LogP contribution < -0.4 is 19.5 Å². The fourth-order valence-electron chi connectivity index (χ4n) is 5.23. The number of tetrazole rings is 1. The number of anilines is 1. The number of nitrogens with one attached hydrogen (secondary N) is 1. The Labute approximate surface area is 235 Å². The molecule has 12 heteroatoms. The quantitative estimate of drug-likeness (QED) is 0.338. The van der Waals surface area contributed by atoms with Crippen molar-refractivity contribution in [3.05, 3.63) is 82.7 Å². The Morgan fingerprint density at radius 3 is 2.76 bits per heavy atom. The fourth-order valence-corrected chi connectivity index (χ4v) is 5.23. The van der Waals surface area contributed by atoms with Gasteiger partial charge in [0.1, 0.15) is 6.04 Å². The normalized spacial score (nSPS) is 15.7. The van der Waals surface area contributed by atoms with E-state index >= 15 is 0 Å². The van der Waals surface area contributed by atoms with Gasteiger partial charge in [-0.15, -0.1) is 5.10 Å². The number of amides is 1. The van der Waals surface area contributed by atoms with Crippen molar-refractivity contribution in [2.24, 2.45) is 0 Å². The molecular formula is C29H28N6O6. The molecule has 2 aliphatic rings. The molecule has 1 N–H and O–H groups in total. The van der Waals surface area contributed by atoms with E-state index in [-0.39, 0.29) is 25.3 Å². The molecule has 1 atom stereocenters. The van der Waals surface area contributed by atoms with Crippen LogP contribution in [-0.2, 0) is 11.2 Å². The van der Waals surface area contributed by atoms with Crippen molar-refractivity contribution in [2.45, 2.75) is 19.4 Å². The number of esters is 1. The number of hydrogen-bond acceptors (Lipinski definition) is 10. The minimum absolute atomic E-state index is 0.134. The molecule has 6 rings (SSSR count). The van der Waals surface area contributed by atoms with Gasteiger partial charge < -0.3 is 24.3 Å². The molecule has 0 saturated heterocycles. The van der Waals surface area contributed by atoms with Gasteiger partial charge in [0.05, 0.1) is 25.0 Å². The lowest BCUT2D eigenvalue weighted by atomic mass is 9.90. The number of carbonyl (C=O) groups excluding carboxylic acids is 2. The van der Waals surface area contributed by atoms with E-state index in [0.717, 1.165) is 24.1 Å². The third kappa shape index (κ3) is 4.82. The van der Waals surface area contributed by atoms with Gasteiger partial charge in [0.25, 0.3) is 5.91 Å². The summed E-state index contributed by atoms with van der Waals surface area (Å²) >= 11 is 0. The maximum atomic E-state index is 13.2. The van der Waals surface area contributed by atoms with Gasteiger partial charge in [0, 0.05) is 23.4 Å². The van der Waals surface area contributed by atoms with Crippen molar-refractivity contribution < 1.29 is 28.5 Å². The molecule has 2 aliphatic heterocycles. The van der Waals surface area contributed by atoms with Crippen LogP contribution in [0.15, 0.2) is 54.6 Å². The van der Waals surface area contributed by atoms with Gasteiger partial charge in [-0.25, -0.2) is 4.79 Å². The van der Waals surface area contributed by atoms with E-state index in [1.165, 1.54) is 0 Å². The highest BCUT2D eigenvalue weighted by molar-refractivity contribution is 6.05. The zero-order valence-corrected chi connectivity index (χ0v) is 22.8. The lowest BCUT2D eigenvalue weighted by molar-refractivity contribution is 0.0526. The number of hydrogen-bond donors (Lipinski definition) is 1. The first-order valence-electron chi connectivity index (χ1n) is 13.1. The van der Waals surface area contributed by atoms with Gasteiger partial charge in [0.2, 0.25) is 12.5 Å².